The van der Waals surface area contributed by atoms with E-state index in [0.29, 0.717) is 18.3 Å². The second-order valence-electron chi connectivity index (χ2n) is 10.1. The normalized spacial score (nSPS) is 19.2. The van der Waals surface area contributed by atoms with Crippen LogP contribution in [0.3, 0.4) is 0 Å². The number of amides is 1. The predicted molar refractivity (Wildman–Crippen MR) is 135 cm³/mol. The van der Waals surface area contributed by atoms with E-state index in [1.165, 1.54) is 29.5 Å². The Morgan fingerprint density at radius 3 is 2.94 bits per heavy atom. The number of hydrogen-bond donors (Lipinski definition) is 1. The first-order valence-corrected chi connectivity index (χ1v) is 12.5. The number of nitrogens with zero attached hydrogens (tertiary/aromatic N) is 4. The molecular formula is C28H33N5O2. The van der Waals surface area contributed by atoms with E-state index in [2.05, 4.69) is 82.7 Å². The van der Waals surface area contributed by atoms with Gasteiger partial charge in [-0.25, -0.2) is 0 Å². The molecular weight excluding hydrogens is 438 g/mol. The number of piperidine rings is 1. The number of likely N-dealkylation sites (tertiary alicyclic amines) is 1. The monoisotopic (exact) mass is 471 g/mol. The van der Waals surface area contributed by atoms with Crippen molar-refractivity contribution in [2.24, 2.45) is 0 Å². The summed E-state index contributed by atoms with van der Waals surface area (Å²) in [6, 6.07) is 8.55. The molecule has 7 heteroatoms. The summed E-state index contributed by atoms with van der Waals surface area (Å²) in [7, 11) is 0. The SMILES string of the molecule is CC=CN1CCCC(c2cnccc2-c2ccc(CNC(=O)c3nc(C4(C)CC4)no3)c(C)c2)C1. The lowest BCUT2D eigenvalue weighted by Crippen LogP contribution is -2.30. The van der Waals surface area contributed by atoms with Gasteiger partial charge in [-0.1, -0.05) is 36.4 Å². The standard InChI is InChI=1S/C28H33N5O2/c1-4-13-33-14-5-6-22(18-33)24-17-29-12-9-23(24)20-7-8-21(19(2)15-20)16-30-25(34)26-31-27(32-35-26)28(3)10-11-28/h4,7-9,12-13,15,17,22H,5-6,10-11,14,16,18H2,1-3H3,(H,30,34). The molecule has 0 radical (unpaired) electrons. The van der Waals surface area contributed by atoms with Crippen LogP contribution in [0.15, 0.2) is 53.5 Å². The van der Waals surface area contributed by atoms with Crippen LogP contribution in [-0.4, -0.2) is 39.0 Å². The van der Waals surface area contributed by atoms with Crippen molar-refractivity contribution < 1.29 is 9.32 Å². The number of allylic oxidation sites excluding steroid dienone is 1. The average Bonchev–Trinajstić information content (AvgIpc) is 3.41. The molecule has 1 atom stereocenters. The molecule has 0 bridgehead atoms. The molecule has 35 heavy (non-hydrogen) atoms. The van der Waals surface area contributed by atoms with Crippen molar-refractivity contribution in [3.8, 4) is 11.1 Å². The van der Waals surface area contributed by atoms with Crippen LogP contribution < -0.4 is 5.32 Å². The van der Waals surface area contributed by atoms with Crippen molar-refractivity contribution in [2.45, 2.75) is 64.3 Å². The first-order valence-electron chi connectivity index (χ1n) is 12.5. The van der Waals surface area contributed by atoms with Gasteiger partial charge in [0.1, 0.15) is 0 Å². The van der Waals surface area contributed by atoms with E-state index in [9.17, 15) is 4.79 Å². The predicted octanol–water partition coefficient (Wildman–Crippen LogP) is 5.13. The third-order valence-corrected chi connectivity index (χ3v) is 7.36. The van der Waals surface area contributed by atoms with Crippen LogP contribution in [0.1, 0.15) is 78.6 Å². The Bertz CT molecular complexity index is 1240. The molecule has 3 heterocycles. The van der Waals surface area contributed by atoms with Gasteiger partial charge in [-0.05, 0) is 79.6 Å². The van der Waals surface area contributed by atoms with Crippen LogP contribution in [-0.2, 0) is 12.0 Å². The van der Waals surface area contributed by atoms with E-state index >= 15 is 0 Å². The number of hydrogen-bond acceptors (Lipinski definition) is 6. The molecule has 1 saturated heterocycles. The Morgan fingerprint density at radius 2 is 2.17 bits per heavy atom. The lowest BCUT2D eigenvalue weighted by atomic mass is 9.86. The van der Waals surface area contributed by atoms with Gasteiger partial charge < -0.3 is 14.7 Å². The molecule has 7 nitrogen and oxygen atoms in total. The van der Waals surface area contributed by atoms with Gasteiger partial charge in [0.15, 0.2) is 5.82 Å². The summed E-state index contributed by atoms with van der Waals surface area (Å²) in [5.41, 5.74) is 5.88. The molecule has 2 aromatic heterocycles. The van der Waals surface area contributed by atoms with Crippen LogP contribution in [0.25, 0.3) is 11.1 Å². The topological polar surface area (TPSA) is 84.2 Å². The third-order valence-electron chi connectivity index (χ3n) is 7.36. The Morgan fingerprint density at radius 1 is 1.31 bits per heavy atom. The van der Waals surface area contributed by atoms with Gasteiger partial charge in [0.05, 0.1) is 0 Å². The number of carbonyl (C=O) groups is 1. The summed E-state index contributed by atoms with van der Waals surface area (Å²) in [4.78, 5) is 23.7. The third kappa shape index (κ3) is 4.99. The van der Waals surface area contributed by atoms with Crippen molar-refractivity contribution in [1.82, 2.24) is 25.3 Å². The fraction of sp³-hybridized carbons (Fsp3) is 0.429. The highest BCUT2D eigenvalue weighted by Crippen LogP contribution is 2.45. The number of nitrogens with one attached hydrogen (secondary N) is 1. The molecule has 1 aliphatic heterocycles. The second kappa shape index (κ2) is 9.64. The minimum absolute atomic E-state index is 0.0249. The molecule has 182 valence electrons. The molecule has 0 spiro atoms. The zero-order valence-electron chi connectivity index (χ0n) is 20.8. The van der Waals surface area contributed by atoms with Gasteiger partial charge in [-0.2, -0.15) is 4.98 Å². The second-order valence-corrected chi connectivity index (χ2v) is 10.1. The molecule has 1 amide bonds. The van der Waals surface area contributed by atoms with Crippen molar-refractivity contribution in [1.29, 1.82) is 0 Å². The molecule has 5 rings (SSSR count). The summed E-state index contributed by atoms with van der Waals surface area (Å²) < 4.78 is 5.20. The summed E-state index contributed by atoms with van der Waals surface area (Å²) in [6.45, 7) is 8.77. The van der Waals surface area contributed by atoms with Crippen molar-refractivity contribution in [3.05, 3.63) is 77.3 Å². The van der Waals surface area contributed by atoms with E-state index in [-0.39, 0.29) is 17.2 Å². The Hall–Kier alpha value is -3.48. The highest BCUT2D eigenvalue weighted by atomic mass is 16.5. The molecule has 1 unspecified atom stereocenters. The zero-order valence-corrected chi connectivity index (χ0v) is 20.8. The van der Waals surface area contributed by atoms with Gasteiger partial charge in [0.25, 0.3) is 0 Å². The lowest BCUT2D eigenvalue weighted by molar-refractivity contribution is 0.0907. The van der Waals surface area contributed by atoms with Crippen molar-refractivity contribution >= 4 is 5.91 Å². The Labute approximate surface area is 206 Å². The summed E-state index contributed by atoms with van der Waals surface area (Å²) in [5, 5.41) is 6.91. The molecule has 1 saturated carbocycles. The summed E-state index contributed by atoms with van der Waals surface area (Å²) in [6.07, 6.45) is 12.6. The van der Waals surface area contributed by atoms with E-state index in [1.807, 2.05) is 12.4 Å². The number of aryl methyl sites for hydroxylation is 1. The molecule has 2 aliphatic rings. The number of aromatic nitrogens is 3. The molecule has 1 N–H and O–H groups in total. The van der Waals surface area contributed by atoms with Crippen LogP contribution in [0.5, 0.6) is 0 Å². The van der Waals surface area contributed by atoms with E-state index < -0.39 is 0 Å². The zero-order chi connectivity index (χ0) is 24.4. The van der Waals surface area contributed by atoms with Crippen LogP contribution >= 0.6 is 0 Å². The highest BCUT2D eigenvalue weighted by Gasteiger charge is 2.44. The number of carbonyl (C=O) groups excluding carboxylic acids is 1. The largest absolute Gasteiger partial charge is 0.377 e. The summed E-state index contributed by atoms with van der Waals surface area (Å²) in [5.74, 6) is 0.780. The minimum atomic E-state index is -0.337. The Balaban J connectivity index is 1.29. The maximum absolute atomic E-state index is 12.5. The van der Waals surface area contributed by atoms with Crippen molar-refractivity contribution in [2.75, 3.05) is 13.1 Å². The van der Waals surface area contributed by atoms with E-state index in [1.54, 1.807) is 0 Å². The van der Waals surface area contributed by atoms with Gasteiger partial charge in [-0.15, -0.1) is 0 Å². The quantitative estimate of drug-likeness (QED) is 0.514. The van der Waals surface area contributed by atoms with E-state index in [0.717, 1.165) is 37.1 Å². The van der Waals surface area contributed by atoms with E-state index in [4.69, 9.17) is 4.52 Å². The maximum Gasteiger partial charge on any atom is 0.315 e. The fourth-order valence-corrected chi connectivity index (χ4v) is 4.89. The molecule has 1 aromatic carbocycles. The maximum atomic E-state index is 12.5. The number of rotatable bonds is 7. The van der Waals surface area contributed by atoms with Crippen LogP contribution in [0, 0.1) is 6.92 Å². The minimum Gasteiger partial charge on any atom is -0.377 e. The van der Waals surface area contributed by atoms with Gasteiger partial charge >= 0.3 is 11.8 Å². The van der Waals surface area contributed by atoms with Gasteiger partial charge in [0, 0.05) is 43.4 Å². The van der Waals surface area contributed by atoms with Crippen LogP contribution in [0.4, 0.5) is 0 Å². The first-order chi connectivity index (χ1) is 17.0. The lowest BCUT2D eigenvalue weighted by Gasteiger charge is -2.33. The fourth-order valence-electron chi connectivity index (χ4n) is 4.89. The van der Waals surface area contributed by atoms with Gasteiger partial charge in [0.2, 0.25) is 0 Å². The highest BCUT2D eigenvalue weighted by molar-refractivity contribution is 5.89. The smallest absolute Gasteiger partial charge is 0.315 e. The number of benzene rings is 1. The number of pyridine rings is 1. The molecule has 1 aliphatic carbocycles. The average molecular weight is 472 g/mol. The summed E-state index contributed by atoms with van der Waals surface area (Å²) >= 11 is 0. The molecule has 2 fully saturated rings. The van der Waals surface area contributed by atoms with Gasteiger partial charge in [-0.3, -0.25) is 9.78 Å². The Kier molecular flexibility index (Phi) is 6.41. The first kappa shape index (κ1) is 23.3. The van der Waals surface area contributed by atoms with Crippen LogP contribution in [0.2, 0.25) is 0 Å². The van der Waals surface area contributed by atoms with Crippen molar-refractivity contribution in [3.63, 3.8) is 0 Å². The molecule has 3 aromatic rings.